The number of nitrogens with zero attached hydrogens (tertiary/aromatic N) is 1. The third-order valence-corrected chi connectivity index (χ3v) is 3.43. The van der Waals surface area contributed by atoms with Crippen LogP contribution >= 0.6 is 27.3 Å². The second-order valence-corrected chi connectivity index (χ2v) is 4.93. The molecule has 0 aliphatic rings. The highest BCUT2D eigenvalue weighted by molar-refractivity contribution is 9.10. The van der Waals surface area contributed by atoms with Gasteiger partial charge in [-0.2, -0.15) is 0 Å². The Kier molecular flexibility index (Phi) is 3.54. The van der Waals surface area contributed by atoms with Crippen LogP contribution in [0.15, 0.2) is 28.1 Å². The average molecular weight is 316 g/mol. The summed E-state index contributed by atoms with van der Waals surface area (Å²) in [6.45, 7) is 0. The second-order valence-electron chi connectivity index (χ2n) is 3.15. The van der Waals surface area contributed by atoms with Crippen LogP contribution in [0.3, 0.4) is 0 Å². The fourth-order valence-corrected chi connectivity index (χ4v) is 2.41. The molecule has 1 aromatic heterocycles. The van der Waals surface area contributed by atoms with Crippen LogP contribution in [0.25, 0.3) is 10.6 Å². The molecule has 3 nitrogen and oxygen atoms in total. The molecule has 0 aliphatic carbocycles. The van der Waals surface area contributed by atoms with Crippen molar-refractivity contribution in [3.63, 3.8) is 0 Å². The molecule has 0 aliphatic heterocycles. The SMILES string of the molecule is COC(=O)c1csc(-c2ccc(Br)cc2F)n1. The van der Waals surface area contributed by atoms with Gasteiger partial charge in [0.1, 0.15) is 10.8 Å². The summed E-state index contributed by atoms with van der Waals surface area (Å²) in [7, 11) is 1.28. The number of rotatable bonds is 2. The summed E-state index contributed by atoms with van der Waals surface area (Å²) in [6, 6.07) is 4.69. The molecule has 0 unspecified atom stereocenters. The number of ether oxygens (including phenoxy) is 1. The molecule has 0 fully saturated rings. The number of hydrogen-bond acceptors (Lipinski definition) is 4. The molecule has 1 aromatic carbocycles. The number of hydrogen-bond donors (Lipinski definition) is 0. The number of esters is 1. The highest BCUT2D eigenvalue weighted by Gasteiger charge is 2.14. The zero-order valence-corrected chi connectivity index (χ0v) is 11.1. The molecule has 1 heterocycles. The predicted octanol–water partition coefficient (Wildman–Crippen LogP) is 3.50. The first-order valence-corrected chi connectivity index (χ1v) is 6.28. The van der Waals surface area contributed by atoms with Gasteiger partial charge in [0.25, 0.3) is 0 Å². The third kappa shape index (κ3) is 2.53. The highest BCUT2D eigenvalue weighted by atomic mass is 79.9. The maximum absolute atomic E-state index is 13.6. The molecule has 0 radical (unpaired) electrons. The van der Waals surface area contributed by atoms with Crippen LogP contribution in [0, 0.1) is 5.82 Å². The van der Waals surface area contributed by atoms with Crippen molar-refractivity contribution in [2.75, 3.05) is 7.11 Å². The van der Waals surface area contributed by atoms with Crippen LogP contribution in [-0.4, -0.2) is 18.1 Å². The van der Waals surface area contributed by atoms with Gasteiger partial charge in [0.2, 0.25) is 0 Å². The van der Waals surface area contributed by atoms with Gasteiger partial charge in [0.15, 0.2) is 5.69 Å². The van der Waals surface area contributed by atoms with E-state index in [2.05, 4.69) is 25.7 Å². The minimum atomic E-state index is -0.523. The van der Waals surface area contributed by atoms with Crippen LogP contribution < -0.4 is 0 Å². The maximum atomic E-state index is 13.6. The zero-order chi connectivity index (χ0) is 12.4. The summed E-state index contributed by atoms with van der Waals surface area (Å²) in [6.07, 6.45) is 0. The number of thiazole rings is 1. The molecular weight excluding hydrogens is 309 g/mol. The fourth-order valence-electron chi connectivity index (χ4n) is 1.26. The Balaban J connectivity index is 2.40. The molecule has 2 rings (SSSR count). The number of halogens is 2. The Bertz CT molecular complexity index is 570. The molecule has 2 aromatic rings. The third-order valence-electron chi connectivity index (χ3n) is 2.06. The number of aromatic nitrogens is 1. The lowest BCUT2D eigenvalue weighted by atomic mass is 10.2. The van der Waals surface area contributed by atoms with E-state index in [1.807, 2.05) is 0 Å². The van der Waals surface area contributed by atoms with E-state index < -0.39 is 5.97 Å². The van der Waals surface area contributed by atoms with Gasteiger partial charge < -0.3 is 4.74 Å². The largest absolute Gasteiger partial charge is 0.464 e. The zero-order valence-electron chi connectivity index (χ0n) is 8.74. The molecule has 0 saturated heterocycles. The lowest BCUT2D eigenvalue weighted by molar-refractivity contribution is 0.0595. The smallest absolute Gasteiger partial charge is 0.357 e. The van der Waals surface area contributed by atoms with E-state index in [-0.39, 0.29) is 11.5 Å². The molecule has 6 heteroatoms. The quantitative estimate of drug-likeness (QED) is 0.796. The Labute approximate surface area is 109 Å². The van der Waals surface area contributed by atoms with Crippen molar-refractivity contribution in [2.45, 2.75) is 0 Å². The molecule has 0 N–H and O–H groups in total. The lowest BCUT2D eigenvalue weighted by Crippen LogP contribution is -2.01. The van der Waals surface area contributed by atoms with Gasteiger partial charge in [-0.1, -0.05) is 15.9 Å². The standard InChI is InChI=1S/C11H7BrFNO2S/c1-16-11(15)9-5-17-10(14-9)7-3-2-6(12)4-8(7)13/h2-5H,1H3. The molecule has 88 valence electrons. The van der Waals surface area contributed by atoms with Crippen molar-refractivity contribution in [1.82, 2.24) is 4.98 Å². The second kappa shape index (κ2) is 4.93. The van der Waals surface area contributed by atoms with E-state index in [4.69, 9.17) is 0 Å². The van der Waals surface area contributed by atoms with Crippen molar-refractivity contribution in [3.05, 3.63) is 39.6 Å². The van der Waals surface area contributed by atoms with Crippen molar-refractivity contribution in [1.29, 1.82) is 0 Å². The molecule has 0 spiro atoms. The van der Waals surface area contributed by atoms with Crippen LogP contribution in [-0.2, 0) is 4.74 Å². The molecule has 0 amide bonds. The Morgan fingerprint density at radius 3 is 2.94 bits per heavy atom. The maximum Gasteiger partial charge on any atom is 0.357 e. The predicted molar refractivity (Wildman–Crippen MR) is 66.5 cm³/mol. The molecular formula is C11H7BrFNO2S. The van der Waals surface area contributed by atoms with Gasteiger partial charge in [-0.15, -0.1) is 11.3 Å². The van der Waals surface area contributed by atoms with Crippen molar-refractivity contribution >= 4 is 33.2 Å². The van der Waals surface area contributed by atoms with Crippen LogP contribution in [0.2, 0.25) is 0 Å². The Hall–Kier alpha value is -1.27. The number of carbonyl (C=O) groups is 1. The van der Waals surface area contributed by atoms with E-state index in [1.165, 1.54) is 24.5 Å². The molecule has 0 saturated carbocycles. The Morgan fingerprint density at radius 2 is 2.29 bits per heavy atom. The van der Waals surface area contributed by atoms with Crippen LogP contribution in [0.5, 0.6) is 0 Å². The molecule has 17 heavy (non-hydrogen) atoms. The summed E-state index contributed by atoms with van der Waals surface area (Å²) in [5, 5.41) is 2.00. The van der Waals surface area contributed by atoms with E-state index >= 15 is 0 Å². The summed E-state index contributed by atoms with van der Waals surface area (Å²) >= 11 is 4.38. The number of methoxy groups -OCH3 is 1. The van der Waals surface area contributed by atoms with Gasteiger partial charge in [-0.3, -0.25) is 0 Å². The number of carbonyl (C=O) groups excluding carboxylic acids is 1. The normalized spacial score (nSPS) is 10.3. The first kappa shape index (κ1) is 12.2. The monoisotopic (exact) mass is 315 g/mol. The topological polar surface area (TPSA) is 39.2 Å². The van der Waals surface area contributed by atoms with Crippen molar-refractivity contribution < 1.29 is 13.9 Å². The minimum Gasteiger partial charge on any atom is -0.464 e. The minimum absolute atomic E-state index is 0.190. The summed E-state index contributed by atoms with van der Waals surface area (Å²) in [5.41, 5.74) is 0.558. The summed E-state index contributed by atoms with van der Waals surface area (Å²) in [5.74, 6) is -0.907. The van der Waals surface area contributed by atoms with E-state index in [0.29, 0.717) is 15.0 Å². The molecule has 0 atom stereocenters. The highest BCUT2D eigenvalue weighted by Crippen LogP contribution is 2.28. The van der Waals surface area contributed by atoms with Gasteiger partial charge in [0, 0.05) is 15.4 Å². The van der Waals surface area contributed by atoms with Crippen LogP contribution in [0.1, 0.15) is 10.5 Å². The van der Waals surface area contributed by atoms with Gasteiger partial charge in [-0.05, 0) is 18.2 Å². The van der Waals surface area contributed by atoms with Crippen LogP contribution in [0.4, 0.5) is 4.39 Å². The summed E-state index contributed by atoms with van der Waals surface area (Å²) < 4.78 is 18.8. The molecule has 0 bridgehead atoms. The number of benzene rings is 1. The van der Waals surface area contributed by atoms with E-state index in [1.54, 1.807) is 17.5 Å². The van der Waals surface area contributed by atoms with E-state index in [0.717, 1.165) is 0 Å². The van der Waals surface area contributed by atoms with Crippen molar-refractivity contribution in [2.24, 2.45) is 0 Å². The first-order chi connectivity index (χ1) is 8.11. The average Bonchev–Trinajstić information content (AvgIpc) is 2.77. The first-order valence-electron chi connectivity index (χ1n) is 4.61. The Morgan fingerprint density at radius 1 is 1.53 bits per heavy atom. The van der Waals surface area contributed by atoms with Gasteiger partial charge in [-0.25, -0.2) is 14.2 Å². The lowest BCUT2D eigenvalue weighted by Gasteiger charge is -1.99. The fraction of sp³-hybridized carbons (Fsp3) is 0.0909. The van der Waals surface area contributed by atoms with Crippen molar-refractivity contribution in [3.8, 4) is 10.6 Å². The summed E-state index contributed by atoms with van der Waals surface area (Å²) in [4.78, 5) is 15.2. The van der Waals surface area contributed by atoms with Gasteiger partial charge >= 0.3 is 5.97 Å². The van der Waals surface area contributed by atoms with E-state index in [9.17, 15) is 9.18 Å². The van der Waals surface area contributed by atoms with Gasteiger partial charge in [0.05, 0.1) is 7.11 Å².